The van der Waals surface area contributed by atoms with E-state index in [0.717, 1.165) is 44.9 Å². The lowest BCUT2D eigenvalue weighted by Gasteiger charge is -2.41. The van der Waals surface area contributed by atoms with Gasteiger partial charge in [0, 0.05) is 32.7 Å². The molecule has 1 aromatic rings. The van der Waals surface area contributed by atoms with Crippen molar-refractivity contribution >= 4 is 0 Å². The Hall–Kier alpha value is -1.75. The van der Waals surface area contributed by atoms with Gasteiger partial charge in [-0.2, -0.15) is 5.26 Å². The van der Waals surface area contributed by atoms with Gasteiger partial charge in [0.2, 0.25) is 0 Å². The van der Waals surface area contributed by atoms with Gasteiger partial charge in [0.1, 0.15) is 0 Å². The lowest BCUT2D eigenvalue weighted by atomic mass is 10.1. The molecule has 0 spiro atoms. The van der Waals surface area contributed by atoms with Gasteiger partial charge in [0.25, 0.3) is 0 Å². The van der Waals surface area contributed by atoms with Gasteiger partial charge >= 0.3 is 0 Å². The van der Waals surface area contributed by atoms with Crippen molar-refractivity contribution in [2.45, 2.75) is 18.6 Å². The van der Waals surface area contributed by atoms with Crippen LogP contribution in [0.15, 0.2) is 12.1 Å². The number of nitrogens with zero attached hydrogens (tertiary/aromatic N) is 2. The number of ether oxygens (including phenoxy) is 2. The highest BCUT2D eigenvalue weighted by atomic mass is 19.1. The van der Waals surface area contributed by atoms with Crippen molar-refractivity contribution in [3.05, 3.63) is 29.3 Å². The molecular weight excluding hydrogens is 304 g/mol. The summed E-state index contributed by atoms with van der Waals surface area (Å²) in [5.41, 5.74) is -0.0548. The van der Waals surface area contributed by atoms with Crippen LogP contribution in [-0.4, -0.2) is 56.4 Å². The minimum atomic E-state index is -0.839. The van der Waals surface area contributed by atoms with E-state index in [1.165, 1.54) is 0 Å². The molecule has 1 aromatic carbocycles. The summed E-state index contributed by atoms with van der Waals surface area (Å²) >= 11 is 0. The summed E-state index contributed by atoms with van der Waals surface area (Å²) in [5.74, 6) is -2.09. The fraction of sp³-hybridized carbons (Fsp3) is 0.562. The van der Waals surface area contributed by atoms with Crippen LogP contribution in [-0.2, 0) is 4.74 Å². The monoisotopic (exact) mass is 323 g/mol. The van der Waals surface area contributed by atoms with Crippen LogP contribution in [0, 0.1) is 23.0 Å². The first-order valence-electron chi connectivity index (χ1n) is 7.76. The summed E-state index contributed by atoms with van der Waals surface area (Å²) in [6.45, 7) is 4.49. The van der Waals surface area contributed by atoms with Crippen LogP contribution in [0.5, 0.6) is 5.75 Å². The van der Waals surface area contributed by atoms with Gasteiger partial charge in [-0.1, -0.05) is 0 Å². The number of fused-ring (bicyclic) bond motifs is 2. The predicted molar refractivity (Wildman–Crippen MR) is 79.2 cm³/mol. The molecule has 2 aliphatic heterocycles. The molecule has 23 heavy (non-hydrogen) atoms. The van der Waals surface area contributed by atoms with E-state index in [2.05, 4.69) is 10.2 Å². The van der Waals surface area contributed by atoms with Crippen LogP contribution in [0.25, 0.3) is 0 Å². The molecule has 124 valence electrons. The molecule has 2 aliphatic rings. The smallest absolute Gasteiger partial charge is 0.190 e. The van der Waals surface area contributed by atoms with E-state index in [0.29, 0.717) is 6.42 Å². The average Bonchev–Trinajstić information content (AvgIpc) is 2.53. The molecule has 2 saturated heterocycles. The third kappa shape index (κ3) is 3.96. The minimum Gasteiger partial charge on any atom is -0.488 e. The number of rotatable bonds is 5. The summed E-state index contributed by atoms with van der Waals surface area (Å²) in [6.07, 6.45) is 1.11. The first-order chi connectivity index (χ1) is 11.2. The van der Waals surface area contributed by atoms with Crippen molar-refractivity contribution in [3.63, 3.8) is 0 Å². The maximum Gasteiger partial charge on any atom is 0.190 e. The van der Waals surface area contributed by atoms with Crippen LogP contribution >= 0.6 is 0 Å². The molecule has 5 nitrogen and oxygen atoms in total. The molecule has 2 bridgehead atoms. The molecule has 2 unspecified atom stereocenters. The van der Waals surface area contributed by atoms with E-state index in [1.54, 1.807) is 6.07 Å². The number of halogens is 2. The standard InChI is InChI=1S/C16H19F2N3O2/c17-14-4-11(6-19)5-15(18)16(14)22-3-1-2-21-9-12-7-20-8-13(10-21)23-12/h4-5,12-13,20H,1-3,7-10H2. The number of nitriles is 1. The molecular formula is C16H19F2N3O2. The summed E-state index contributed by atoms with van der Waals surface area (Å²) in [4.78, 5) is 2.30. The highest BCUT2D eigenvalue weighted by Crippen LogP contribution is 2.23. The van der Waals surface area contributed by atoms with Crippen LogP contribution in [0.4, 0.5) is 8.78 Å². The maximum absolute atomic E-state index is 13.7. The third-order valence-corrected chi connectivity index (χ3v) is 4.05. The normalized spacial score (nSPS) is 24.2. The number of hydrogen-bond donors (Lipinski definition) is 1. The summed E-state index contributed by atoms with van der Waals surface area (Å²) in [7, 11) is 0. The SMILES string of the molecule is N#Cc1cc(F)c(OCCCN2CC3CNCC(C2)O3)c(F)c1. The Bertz CT molecular complexity index is 570. The molecule has 7 heteroatoms. The number of hydrogen-bond acceptors (Lipinski definition) is 5. The fourth-order valence-electron chi connectivity index (χ4n) is 3.05. The number of benzene rings is 1. The van der Waals surface area contributed by atoms with Gasteiger partial charge in [0.15, 0.2) is 17.4 Å². The summed E-state index contributed by atoms with van der Waals surface area (Å²) in [6, 6.07) is 3.67. The quantitative estimate of drug-likeness (QED) is 0.827. The minimum absolute atomic E-state index is 0.0548. The average molecular weight is 323 g/mol. The van der Waals surface area contributed by atoms with E-state index < -0.39 is 17.4 Å². The number of nitrogens with one attached hydrogen (secondary N) is 1. The highest BCUT2D eigenvalue weighted by Gasteiger charge is 2.30. The van der Waals surface area contributed by atoms with E-state index in [9.17, 15) is 8.78 Å². The Morgan fingerprint density at radius 2 is 1.91 bits per heavy atom. The molecule has 0 aromatic heterocycles. The second-order valence-corrected chi connectivity index (χ2v) is 5.88. The molecule has 3 rings (SSSR count). The van der Waals surface area contributed by atoms with Gasteiger partial charge in [-0.05, 0) is 18.6 Å². The second kappa shape index (κ2) is 7.21. The lowest BCUT2D eigenvalue weighted by Crippen LogP contribution is -2.58. The van der Waals surface area contributed by atoms with Crippen molar-refractivity contribution in [2.24, 2.45) is 0 Å². The maximum atomic E-state index is 13.7. The van der Waals surface area contributed by atoms with Gasteiger partial charge < -0.3 is 14.8 Å². The van der Waals surface area contributed by atoms with Crippen molar-refractivity contribution in [2.75, 3.05) is 39.3 Å². The first-order valence-corrected chi connectivity index (χ1v) is 7.76. The molecule has 2 atom stereocenters. The Balaban J connectivity index is 1.46. The largest absolute Gasteiger partial charge is 0.488 e. The molecule has 2 heterocycles. The summed E-state index contributed by atoms with van der Waals surface area (Å²) < 4.78 is 38.4. The lowest BCUT2D eigenvalue weighted by molar-refractivity contribution is -0.103. The highest BCUT2D eigenvalue weighted by molar-refractivity contribution is 5.37. The Morgan fingerprint density at radius 3 is 2.52 bits per heavy atom. The Labute approximate surface area is 133 Å². The van der Waals surface area contributed by atoms with Crippen molar-refractivity contribution in [1.82, 2.24) is 10.2 Å². The molecule has 0 saturated carbocycles. The molecule has 0 aliphatic carbocycles. The Morgan fingerprint density at radius 1 is 1.26 bits per heavy atom. The fourth-order valence-corrected chi connectivity index (χ4v) is 3.05. The zero-order valence-electron chi connectivity index (χ0n) is 12.7. The van der Waals surface area contributed by atoms with Crippen molar-refractivity contribution in [1.29, 1.82) is 5.26 Å². The van der Waals surface area contributed by atoms with Gasteiger partial charge in [-0.25, -0.2) is 8.78 Å². The van der Waals surface area contributed by atoms with Crippen LogP contribution in [0.2, 0.25) is 0 Å². The summed E-state index contributed by atoms with van der Waals surface area (Å²) in [5, 5.41) is 12.0. The zero-order chi connectivity index (χ0) is 16.2. The van der Waals surface area contributed by atoms with Gasteiger partial charge in [-0.3, -0.25) is 4.90 Å². The van der Waals surface area contributed by atoms with Crippen molar-refractivity contribution in [3.8, 4) is 11.8 Å². The van der Waals surface area contributed by atoms with Crippen LogP contribution in [0.3, 0.4) is 0 Å². The number of morpholine rings is 2. The van der Waals surface area contributed by atoms with E-state index in [1.807, 2.05) is 0 Å². The zero-order valence-corrected chi connectivity index (χ0v) is 12.7. The van der Waals surface area contributed by atoms with Gasteiger partial charge in [-0.15, -0.1) is 0 Å². The molecule has 1 N–H and O–H groups in total. The topological polar surface area (TPSA) is 57.5 Å². The molecule has 0 amide bonds. The predicted octanol–water partition coefficient (Wildman–Crippen LogP) is 1.28. The molecule has 0 radical (unpaired) electrons. The second-order valence-electron chi connectivity index (χ2n) is 5.88. The van der Waals surface area contributed by atoms with Crippen LogP contribution < -0.4 is 10.1 Å². The third-order valence-electron chi connectivity index (χ3n) is 4.05. The van der Waals surface area contributed by atoms with Gasteiger partial charge in [0.05, 0.1) is 30.4 Å². The Kier molecular flexibility index (Phi) is 5.06. The van der Waals surface area contributed by atoms with Crippen molar-refractivity contribution < 1.29 is 18.3 Å². The van der Waals surface area contributed by atoms with E-state index in [-0.39, 0.29) is 24.4 Å². The molecule has 2 fully saturated rings. The van der Waals surface area contributed by atoms with Crippen LogP contribution in [0.1, 0.15) is 12.0 Å². The first kappa shape index (κ1) is 16.1. The van der Waals surface area contributed by atoms with E-state index in [4.69, 9.17) is 14.7 Å². The van der Waals surface area contributed by atoms with E-state index >= 15 is 0 Å².